The van der Waals surface area contributed by atoms with Crippen LogP contribution < -0.4 is 19.6 Å². The van der Waals surface area contributed by atoms with Crippen LogP contribution in [0.1, 0.15) is 49.6 Å². The molecule has 3 heterocycles. The average molecular weight is 667 g/mol. The Hall–Kier alpha value is -4.29. The van der Waals surface area contributed by atoms with E-state index in [4.69, 9.17) is 18.9 Å². The van der Waals surface area contributed by atoms with Gasteiger partial charge in [-0.2, -0.15) is 0 Å². The molecule has 0 N–H and O–H groups in total. The van der Waals surface area contributed by atoms with Gasteiger partial charge in [0.15, 0.2) is 4.80 Å². The molecule has 2 aromatic carbocycles. The summed E-state index contributed by atoms with van der Waals surface area (Å²) in [7, 11) is 1.56. The highest BCUT2D eigenvalue weighted by atomic mass is 79.9. The lowest BCUT2D eigenvalue weighted by Crippen LogP contribution is -2.40. The van der Waals surface area contributed by atoms with Crippen molar-refractivity contribution >= 4 is 45.0 Å². The van der Waals surface area contributed by atoms with Gasteiger partial charge in [0.1, 0.15) is 17.3 Å². The molecule has 0 saturated carbocycles. The molecule has 0 saturated heterocycles. The summed E-state index contributed by atoms with van der Waals surface area (Å²) in [5.41, 5.74) is 2.67. The number of aromatic nitrogens is 1. The number of fused-ring (bicyclic) bond motifs is 1. The van der Waals surface area contributed by atoms with Gasteiger partial charge in [0.05, 0.1) is 45.0 Å². The third-order valence-corrected chi connectivity index (χ3v) is 8.57. The SMILES string of the molecule is CCCC1=C(C(=O)OCC)C(c2ccc(OC)c(Br)c2)n2c(s/c(=C\c3ccc(-c4ccc([N+](=O)[O-])cc4C)o3)c2=O)=N1. The van der Waals surface area contributed by atoms with Gasteiger partial charge in [-0.15, -0.1) is 0 Å². The number of methoxy groups -OCH3 is 1. The number of nitrogens with zero attached hydrogens (tertiary/aromatic N) is 3. The van der Waals surface area contributed by atoms with Crippen LogP contribution in [0.4, 0.5) is 5.69 Å². The number of esters is 1. The molecule has 5 rings (SSSR count). The minimum atomic E-state index is -0.767. The number of aryl methyl sites for hydroxylation is 1. The number of hydrogen-bond donors (Lipinski definition) is 0. The second kappa shape index (κ2) is 12.5. The Morgan fingerprint density at radius 1 is 1.21 bits per heavy atom. The molecular formula is C31H28BrN3O7S. The zero-order valence-electron chi connectivity index (χ0n) is 23.9. The normalized spacial score (nSPS) is 14.8. The highest BCUT2D eigenvalue weighted by Crippen LogP contribution is 2.36. The van der Waals surface area contributed by atoms with Crippen molar-refractivity contribution in [3.8, 4) is 17.1 Å². The zero-order chi connectivity index (χ0) is 30.8. The van der Waals surface area contributed by atoms with Gasteiger partial charge in [0, 0.05) is 23.8 Å². The molecule has 222 valence electrons. The molecular weight excluding hydrogens is 638 g/mol. The minimum Gasteiger partial charge on any atom is -0.496 e. The van der Waals surface area contributed by atoms with Crippen molar-refractivity contribution in [1.29, 1.82) is 0 Å². The van der Waals surface area contributed by atoms with E-state index in [9.17, 15) is 19.7 Å². The molecule has 0 fully saturated rings. The second-order valence-corrected chi connectivity index (χ2v) is 11.6. The number of carbonyl (C=O) groups is 1. The Kier molecular flexibility index (Phi) is 8.79. The van der Waals surface area contributed by atoms with E-state index in [1.165, 1.54) is 28.0 Å². The lowest BCUT2D eigenvalue weighted by Gasteiger charge is -2.26. The van der Waals surface area contributed by atoms with E-state index in [-0.39, 0.29) is 17.9 Å². The molecule has 0 bridgehead atoms. The summed E-state index contributed by atoms with van der Waals surface area (Å²) >= 11 is 4.74. The molecule has 1 aliphatic rings. The smallest absolute Gasteiger partial charge is 0.338 e. The monoisotopic (exact) mass is 665 g/mol. The van der Waals surface area contributed by atoms with Gasteiger partial charge in [-0.25, -0.2) is 9.79 Å². The van der Waals surface area contributed by atoms with E-state index in [1.54, 1.807) is 51.3 Å². The average Bonchev–Trinajstić information content (AvgIpc) is 3.56. The van der Waals surface area contributed by atoms with E-state index in [1.807, 2.05) is 19.1 Å². The summed E-state index contributed by atoms with van der Waals surface area (Å²) in [6.45, 7) is 5.69. The topological polar surface area (TPSA) is 126 Å². The largest absolute Gasteiger partial charge is 0.496 e. The van der Waals surface area contributed by atoms with E-state index in [0.29, 0.717) is 65.5 Å². The Labute approximate surface area is 258 Å². The lowest BCUT2D eigenvalue weighted by molar-refractivity contribution is -0.384. The molecule has 1 aliphatic heterocycles. The molecule has 0 radical (unpaired) electrons. The summed E-state index contributed by atoms with van der Waals surface area (Å²) in [6, 6.07) is 12.7. The predicted molar refractivity (Wildman–Crippen MR) is 166 cm³/mol. The highest BCUT2D eigenvalue weighted by Gasteiger charge is 2.34. The van der Waals surface area contributed by atoms with Crippen LogP contribution in [0.15, 0.2) is 78.5 Å². The van der Waals surface area contributed by atoms with Crippen molar-refractivity contribution in [3.05, 3.63) is 111 Å². The van der Waals surface area contributed by atoms with Gasteiger partial charge in [0.2, 0.25) is 0 Å². The first kappa shape index (κ1) is 30.2. The Bertz CT molecular complexity index is 1950. The fourth-order valence-corrected chi connectivity index (χ4v) is 6.59. The Morgan fingerprint density at radius 2 is 2.00 bits per heavy atom. The van der Waals surface area contributed by atoms with Crippen LogP contribution in [0.5, 0.6) is 5.75 Å². The fourth-order valence-electron chi connectivity index (χ4n) is 5.03. The summed E-state index contributed by atoms with van der Waals surface area (Å²) < 4.78 is 19.5. The van der Waals surface area contributed by atoms with E-state index >= 15 is 0 Å². The number of non-ortho nitro benzene ring substituents is 1. The number of allylic oxidation sites excluding steroid dienone is 1. The van der Waals surface area contributed by atoms with Crippen LogP contribution in [-0.2, 0) is 9.53 Å². The van der Waals surface area contributed by atoms with Gasteiger partial charge in [0.25, 0.3) is 11.2 Å². The number of rotatable bonds is 9. The predicted octanol–water partition coefficient (Wildman–Crippen LogP) is 5.83. The van der Waals surface area contributed by atoms with Crippen molar-refractivity contribution in [3.63, 3.8) is 0 Å². The standard InChI is InChI=1S/C31H28BrN3O7S/c1-5-7-23-27(30(37)41-6-2)28(18-8-12-25(40-4)22(32)15-18)34-29(36)26(43-31(34)33-23)16-20-10-13-24(42-20)21-11-9-19(35(38)39)14-17(21)3/h8-16,28H,5-7H2,1-4H3/b26-16-. The van der Waals surface area contributed by atoms with Crippen LogP contribution in [0.3, 0.4) is 0 Å². The van der Waals surface area contributed by atoms with Crippen LogP contribution in [0.2, 0.25) is 0 Å². The molecule has 43 heavy (non-hydrogen) atoms. The van der Waals surface area contributed by atoms with Gasteiger partial charge in [-0.1, -0.05) is 30.7 Å². The van der Waals surface area contributed by atoms with Crippen molar-refractivity contribution in [2.45, 2.75) is 39.7 Å². The summed E-state index contributed by atoms with van der Waals surface area (Å²) in [6.07, 6.45) is 2.92. The maximum absolute atomic E-state index is 14.0. The molecule has 10 nitrogen and oxygen atoms in total. The number of nitro groups is 1. The summed E-state index contributed by atoms with van der Waals surface area (Å²) in [5.74, 6) is 1.04. The first-order valence-corrected chi connectivity index (χ1v) is 15.2. The second-order valence-electron chi connectivity index (χ2n) is 9.77. The van der Waals surface area contributed by atoms with Gasteiger partial charge < -0.3 is 13.9 Å². The molecule has 0 amide bonds. The zero-order valence-corrected chi connectivity index (χ0v) is 26.3. The number of nitro benzene ring substituents is 1. The Balaban J connectivity index is 1.66. The van der Waals surface area contributed by atoms with Crippen molar-refractivity contribution in [2.75, 3.05) is 13.7 Å². The van der Waals surface area contributed by atoms with Crippen LogP contribution in [0.25, 0.3) is 17.4 Å². The molecule has 1 atom stereocenters. The molecule has 1 unspecified atom stereocenters. The van der Waals surface area contributed by atoms with Crippen LogP contribution >= 0.6 is 27.3 Å². The fraction of sp³-hybridized carbons (Fsp3) is 0.258. The van der Waals surface area contributed by atoms with Gasteiger partial charge >= 0.3 is 5.97 Å². The number of thiazole rings is 1. The van der Waals surface area contributed by atoms with Crippen molar-refractivity contribution in [1.82, 2.24) is 4.57 Å². The first-order valence-electron chi connectivity index (χ1n) is 13.6. The van der Waals surface area contributed by atoms with Crippen molar-refractivity contribution < 1.29 is 23.6 Å². The number of ether oxygens (including phenoxy) is 2. The maximum atomic E-state index is 14.0. The highest BCUT2D eigenvalue weighted by molar-refractivity contribution is 9.10. The number of hydrogen-bond acceptors (Lipinski definition) is 9. The number of carbonyl (C=O) groups excluding carboxylic acids is 1. The maximum Gasteiger partial charge on any atom is 0.338 e. The van der Waals surface area contributed by atoms with E-state index in [2.05, 4.69) is 15.9 Å². The van der Waals surface area contributed by atoms with Crippen LogP contribution in [0, 0.1) is 17.0 Å². The molecule has 2 aromatic heterocycles. The number of halogens is 1. The quantitative estimate of drug-likeness (QED) is 0.125. The number of furan rings is 1. The molecule has 4 aromatic rings. The van der Waals surface area contributed by atoms with E-state index < -0.39 is 16.9 Å². The third-order valence-electron chi connectivity index (χ3n) is 6.97. The Morgan fingerprint density at radius 3 is 2.65 bits per heavy atom. The molecule has 0 aliphatic carbocycles. The lowest BCUT2D eigenvalue weighted by atomic mass is 9.94. The number of benzene rings is 2. The third kappa shape index (κ3) is 5.84. The molecule has 0 spiro atoms. The first-order chi connectivity index (χ1) is 20.7. The summed E-state index contributed by atoms with van der Waals surface area (Å²) in [4.78, 5) is 43.3. The van der Waals surface area contributed by atoms with Crippen molar-refractivity contribution in [2.24, 2.45) is 4.99 Å². The van der Waals surface area contributed by atoms with E-state index in [0.717, 1.165) is 6.42 Å². The summed E-state index contributed by atoms with van der Waals surface area (Å²) in [5, 5.41) is 11.1. The minimum absolute atomic E-state index is 0.00258. The van der Waals surface area contributed by atoms with Gasteiger partial charge in [-0.3, -0.25) is 19.5 Å². The van der Waals surface area contributed by atoms with Gasteiger partial charge in [-0.05, 0) is 77.7 Å². The molecule has 12 heteroatoms. The van der Waals surface area contributed by atoms with Crippen LogP contribution in [-0.4, -0.2) is 29.2 Å².